The summed E-state index contributed by atoms with van der Waals surface area (Å²) in [6, 6.07) is 12.5. The molecule has 1 aromatic heterocycles. The second kappa shape index (κ2) is 7.18. The van der Waals surface area contributed by atoms with E-state index in [4.69, 9.17) is 24.7 Å². The molecule has 0 radical (unpaired) electrons. The first kappa shape index (κ1) is 20.0. The minimum absolute atomic E-state index is 0.00249. The summed E-state index contributed by atoms with van der Waals surface area (Å²) in [5, 5.41) is 0. The van der Waals surface area contributed by atoms with Gasteiger partial charge in [-0.15, -0.1) is 0 Å². The van der Waals surface area contributed by atoms with Gasteiger partial charge in [-0.1, -0.05) is 13.0 Å². The van der Waals surface area contributed by atoms with E-state index in [1.54, 1.807) is 24.5 Å². The first-order valence-corrected chi connectivity index (χ1v) is 10.7. The zero-order valence-corrected chi connectivity index (χ0v) is 18.0. The Balaban J connectivity index is 1.46. The third-order valence-corrected chi connectivity index (χ3v) is 6.31. The lowest BCUT2D eigenvalue weighted by Gasteiger charge is -2.38. The van der Waals surface area contributed by atoms with Crippen LogP contribution in [-0.2, 0) is 15.0 Å². The largest absolute Gasteiger partial charge is 0.493 e. The van der Waals surface area contributed by atoms with E-state index in [0.29, 0.717) is 48.0 Å². The number of fused-ring (bicyclic) bond motifs is 4. The van der Waals surface area contributed by atoms with Crippen molar-refractivity contribution in [2.75, 3.05) is 26.4 Å². The Kier molecular flexibility index (Phi) is 4.35. The van der Waals surface area contributed by atoms with E-state index in [9.17, 15) is 0 Å². The number of ether oxygens (including phenoxy) is 4. The molecule has 0 aliphatic carbocycles. The summed E-state index contributed by atoms with van der Waals surface area (Å²) >= 11 is 0. The summed E-state index contributed by atoms with van der Waals surface area (Å²) in [7, 11) is 0. The van der Waals surface area contributed by atoms with Gasteiger partial charge < -0.3 is 24.7 Å². The number of pyridine rings is 1. The Hall–Kier alpha value is -3.65. The molecule has 33 heavy (non-hydrogen) atoms. The summed E-state index contributed by atoms with van der Waals surface area (Å²) < 4.78 is 38.3. The van der Waals surface area contributed by atoms with E-state index < -0.39 is 11.4 Å². The zero-order chi connectivity index (χ0) is 22.6. The molecule has 4 heterocycles. The van der Waals surface area contributed by atoms with Crippen LogP contribution in [0, 0.1) is 11.2 Å². The van der Waals surface area contributed by atoms with Gasteiger partial charge >= 0.3 is 0 Å². The SMILES string of the molecule is CC1(COc2ccc3c(c2)[C@]2(COC(N)=N2)c2cc(-c4cccnc4)cc(F)c2O3)COC1. The molecule has 7 nitrogen and oxygen atoms in total. The molecule has 0 saturated carbocycles. The molecule has 168 valence electrons. The molecule has 3 aromatic rings. The first-order valence-electron chi connectivity index (χ1n) is 10.7. The molecule has 0 bridgehead atoms. The molecule has 0 amide bonds. The lowest BCUT2D eigenvalue weighted by molar-refractivity contribution is -0.120. The fourth-order valence-corrected chi connectivity index (χ4v) is 4.47. The molecular formula is C25H22FN3O4. The topological polar surface area (TPSA) is 88.2 Å². The highest BCUT2D eigenvalue weighted by molar-refractivity contribution is 5.78. The van der Waals surface area contributed by atoms with E-state index in [0.717, 1.165) is 5.56 Å². The molecule has 1 atom stereocenters. The number of amidine groups is 1. The third kappa shape index (κ3) is 3.21. The van der Waals surface area contributed by atoms with Gasteiger partial charge in [-0.2, -0.15) is 0 Å². The number of aromatic nitrogens is 1. The van der Waals surface area contributed by atoms with Crippen LogP contribution in [0.4, 0.5) is 4.39 Å². The van der Waals surface area contributed by atoms with Crippen molar-refractivity contribution in [3.05, 3.63) is 71.8 Å². The second-order valence-electron chi connectivity index (χ2n) is 9.03. The van der Waals surface area contributed by atoms with Gasteiger partial charge in [0.05, 0.1) is 19.8 Å². The van der Waals surface area contributed by atoms with Crippen molar-refractivity contribution in [2.45, 2.75) is 12.5 Å². The van der Waals surface area contributed by atoms with Crippen molar-refractivity contribution in [3.63, 3.8) is 0 Å². The lowest BCUT2D eigenvalue weighted by Crippen LogP contribution is -2.44. The van der Waals surface area contributed by atoms with Gasteiger partial charge in [-0.25, -0.2) is 9.38 Å². The predicted molar refractivity (Wildman–Crippen MR) is 119 cm³/mol. The van der Waals surface area contributed by atoms with Crippen LogP contribution in [0.25, 0.3) is 11.1 Å². The minimum Gasteiger partial charge on any atom is -0.493 e. The number of halogens is 1. The normalized spacial score (nSPS) is 21.8. The molecule has 6 rings (SSSR count). The van der Waals surface area contributed by atoms with Gasteiger partial charge in [0.2, 0.25) is 0 Å². The molecule has 1 saturated heterocycles. The number of rotatable bonds is 4. The molecule has 3 aliphatic heterocycles. The van der Waals surface area contributed by atoms with E-state index in [2.05, 4.69) is 16.9 Å². The summed E-state index contributed by atoms with van der Waals surface area (Å²) in [6.07, 6.45) is 3.36. The number of benzene rings is 2. The molecule has 2 aromatic carbocycles. The van der Waals surface area contributed by atoms with Gasteiger partial charge in [0.1, 0.15) is 18.1 Å². The van der Waals surface area contributed by atoms with Crippen LogP contribution in [0.1, 0.15) is 18.1 Å². The van der Waals surface area contributed by atoms with Crippen LogP contribution in [0.5, 0.6) is 17.2 Å². The van der Waals surface area contributed by atoms with Crippen molar-refractivity contribution in [1.29, 1.82) is 0 Å². The Bertz CT molecular complexity index is 1280. The monoisotopic (exact) mass is 447 g/mol. The van der Waals surface area contributed by atoms with Crippen molar-refractivity contribution >= 4 is 6.02 Å². The van der Waals surface area contributed by atoms with E-state index in [-0.39, 0.29) is 23.8 Å². The Morgan fingerprint density at radius 1 is 1.09 bits per heavy atom. The number of nitrogens with zero attached hydrogens (tertiary/aromatic N) is 2. The van der Waals surface area contributed by atoms with Crippen molar-refractivity contribution in [1.82, 2.24) is 4.98 Å². The average Bonchev–Trinajstić information content (AvgIpc) is 3.20. The molecular weight excluding hydrogens is 425 g/mol. The summed E-state index contributed by atoms with van der Waals surface area (Å²) in [5.74, 6) is 0.779. The quantitative estimate of drug-likeness (QED) is 0.651. The van der Waals surface area contributed by atoms with Crippen LogP contribution in [0.3, 0.4) is 0 Å². The summed E-state index contributed by atoms with van der Waals surface area (Å²) in [5.41, 5.74) is 7.62. The minimum atomic E-state index is -1.05. The number of hydrogen-bond acceptors (Lipinski definition) is 7. The van der Waals surface area contributed by atoms with Crippen molar-refractivity contribution in [2.24, 2.45) is 16.1 Å². The smallest absolute Gasteiger partial charge is 0.283 e. The molecule has 1 spiro atoms. The van der Waals surface area contributed by atoms with Crippen molar-refractivity contribution < 1.29 is 23.3 Å². The van der Waals surface area contributed by atoms with Crippen LogP contribution >= 0.6 is 0 Å². The predicted octanol–water partition coefficient (Wildman–Crippen LogP) is 4.00. The summed E-state index contributed by atoms with van der Waals surface area (Å²) in [6.45, 7) is 4.12. The van der Waals surface area contributed by atoms with E-state index >= 15 is 4.39 Å². The van der Waals surface area contributed by atoms with Gasteiger partial charge in [-0.3, -0.25) is 4.98 Å². The zero-order valence-electron chi connectivity index (χ0n) is 18.0. The maximum Gasteiger partial charge on any atom is 0.283 e. The van der Waals surface area contributed by atoms with Gasteiger partial charge in [0.15, 0.2) is 17.1 Å². The highest BCUT2D eigenvalue weighted by Crippen LogP contribution is 2.53. The highest BCUT2D eigenvalue weighted by atomic mass is 19.1. The Morgan fingerprint density at radius 2 is 1.97 bits per heavy atom. The Labute approximate surface area is 190 Å². The maximum absolute atomic E-state index is 15.3. The molecule has 8 heteroatoms. The number of nitrogens with two attached hydrogens (primary N) is 1. The standard InChI is InChI=1S/C25H22FN3O4/c1-24(11-30-12-24)13-31-17-4-5-21-18(9-17)25(14-32-23(27)29-25)19-7-16(8-20(26)22(19)33-21)15-3-2-6-28-10-15/h2-10H,11-14H2,1H3,(H2,27,29)/t25-/m1/s1. The summed E-state index contributed by atoms with van der Waals surface area (Å²) in [4.78, 5) is 8.80. The van der Waals surface area contributed by atoms with Gasteiger partial charge in [-0.05, 0) is 42.0 Å². The molecule has 2 N–H and O–H groups in total. The molecule has 1 fully saturated rings. The fraction of sp³-hybridized carbons (Fsp3) is 0.280. The number of aliphatic imine (C=N–C) groups is 1. The number of hydrogen-bond donors (Lipinski definition) is 1. The fourth-order valence-electron chi connectivity index (χ4n) is 4.47. The van der Waals surface area contributed by atoms with Gasteiger partial charge in [0, 0.05) is 34.5 Å². The Morgan fingerprint density at radius 3 is 2.67 bits per heavy atom. The van der Waals surface area contributed by atoms with Crippen LogP contribution < -0.4 is 15.2 Å². The van der Waals surface area contributed by atoms with Crippen LogP contribution in [0.2, 0.25) is 0 Å². The average molecular weight is 447 g/mol. The van der Waals surface area contributed by atoms with E-state index in [1.807, 2.05) is 24.3 Å². The lowest BCUT2D eigenvalue weighted by atomic mass is 9.80. The first-order chi connectivity index (χ1) is 16.0. The van der Waals surface area contributed by atoms with Crippen LogP contribution in [0.15, 0.2) is 59.9 Å². The third-order valence-electron chi connectivity index (χ3n) is 6.31. The highest BCUT2D eigenvalue weighted by Gasteiger charge is 2.48. The van der Waals surface area contributed by atoms with E-state index in [1.165, 1.54) is 6.07 Å². The van der Waals surface area contributed by atoms with Gasteiger partial charge in [0.25, 0.3) is 6.02 Å². The maximum atomic E-state index is 15.3. The molecule has 0 unspecified atom stereocenters. The second-order valence-corrected chi connectivity index (χ2v) is 9.03. The van der Waals surface area contributed by atoms with Crippen LogP contribution in [-0.4, -0.2) is 37.4 Å². The molecule has 3 aliphatic rings. The van der Waals surface area contributed by atoms with Crippen molar-refractivity contribution in [3.8, 4) is 28.4 Å².